The van der Waals surface area contributed by atoms with Crippen molar-refractivity contribution in [2.75, 3.05) is 13.7 Å². The van der Waals surface area contributed by atoms with Gasteiger partial charge in [-0.25, -0.2) is 0 Å². The number of nitrogens with one attached hydrogen (secondary N) is 1. The number of hydrogen-bond donors (Lipinski definition) is 2. The molecule has 88 valence electrons. The largest absolute Gasteiger partial charge is 0.469 e. The second kappa shape index (κ2) is 5.58. The third kappa shape index (κ3) is 6.76. The minimum Gasteiger partial charge on any atom is -0.469 e. The summed E-state index contributed by atoms with van der Waals surface area (Å²) in [4.78, 5) is 15.1. The molecule has 0 bridgehead atoms. The van der Waals surface area contributed by atoms with E-state index >= 15 is 0 Å². The number of aliphatic imine (C=N–C) groups is 1. The monoisotopic (exact) mass is 215 g/mol. The van der Waals surface area contributed by atoms with E-state index in [-0.39, 0.29) is 17.4 Å². The summed E-state index contributed by atoms with van der Waals surface area (Å²) >= 11 is 0. The first-order chi connectivity index (χ1) is 6.76. The molecule has 0 saturated carbocycles. The third-order valence-corrected chi connectivity index (χ3v) is 1.64. The Kier molecular flexibility index (Phi) is 5.11. The van der Waals surface area contributed by atoms with Crippen molar-refractivity contribution in [1.29, 1.82) is 0 Å². The molecule has 1 atom stereocenters. The van der Waals surface area contributed by atoms with Crippen molar-refractivity contribution in [3.05, 3.63) is 0 Å². The second-order valence-corrected chi connectivity index (χ2v) is 4.53. The van der Waals surface area contributed by atoms with Gasteiger partial charge in [-0.2, -0.15) is 0 Å². The van der Waals surface area contributed by atoms with Crippen molar-refractivity contribution in [3.63, 3.8) is 0 Å². The molecule has 0 amide bonds. The smallest absolute Gasteiger partial charge is 0.310 e. The normalized spacial score (nSPS) is 14.6. The standard InChI is InChI=1S/C10H21N3O2/c1-7(8(14)15-5)6-12-9(11)13-10(2,3)4/h7H,6H2,1-5H3,(H3,11,12,13). The van der Waals surface area contributed by atoms with Crippen molar-refractivity contribution in [2.24, 2.45) is 16.6 Å². The number of methoxy groups -OCH3 is 1. The third-order valence-electron chi connectivity index (χ3n) is 1.64. The van der Waals surface area contributed by atoms with Crippen molar-refractivity contribution in [1.82, 2.24) is 5.32 Å². The molecule has 0 aromatic heterocycles. The molecule has 0 aliphatic carbocycles. The van der Waals surface area contributed by atoms with Gasteiger partial charge in [0, 0.05) is 5.54 Å². The molecule has 0 aliphatic heterocycles. The number of nitrogens with two attached hydrogens (primary N) is 1. The summed E-state index contributed by atoms with van der Waals surface area (Å²) in [6, 6.07) is 0. The molecule has 3 N–H and O–H groups in total. The summed E-state index contributed by atoms with van der Waals surface area (Å²) < 4.78 is 4.58. The number of carbonyl (C=O) groups excluding carboxylic acids is 1. The number of hydrogen-bond acceptors (Lipinski definition) is 3. The van der Waals surface area contributed by atoms with Crippen molar-refractivity contribution in [3.8, 4) is 0 Å². The predicted octanol–water partition coefficient (Wildman–Crippen LogP) is 0.498. The summed E-state index contributed by atoms with van der Waals surface area (Å²) in [5.41, 5.74) is 5.51. The fourth-order valence-corrected chi connectivity index (χ4v) is 0.935. The molecule has 0 rings (SSSR count). The van der Waals surface area contributed by atoms with E-state index in [0.29, 0.717) is 12.5 Å². The number of guanidine groups is 1. The Bertz CT molecular complexity index is 244. The van der Waals surface area contributed by atoms with Crippen LogP contribution in [-0.2, 0) is 9.53 Å². The number of rotatable bonds is 3. The lowest BCUT2D eigenvalue weighted by Crippen LogP contribution is -2.45. The van der Waals surface area contributed by atoms with Gasteiger partial charge in [0.05, 0.1) is 19.6 Å². The first-order valence-electron chi connectivity index (χ1n) is 4.92. The minimum absolute atomic E-state index is 0.123. The Morgan fingerprint density at radius 1 is 1.53 bits per heavy atom. The summed E-state index contributed by atoms with van der Waals surface area (Å²) in [7, 11) is 1.36. The minimum atomic E-state index is -0.276. The van der Waals surface area contributed by atoms with Crippen LogP contribution in [0, 0.1) is 5.92 Å². The SMILES string of the molecule is COC(=O)C(C)CN=C(N)NC(C)(C)C. The molecule has 1 unspecified atom stereocenters. The lowest BCUT2D eigenvalue weighted by molar-refractivity contribution is -0.144. The van der Waals surface area contributed by atoms with Gasteiger partial charge in [-0.1, -0.05) is 6.92 Å². The van der Waals surface area contributed by atoms with Crippen LogP contribution >= 0.6 is 0 Å². The molecular formula is C10H21N3O2. The fraction of sp³-hybridized carbons (Fsp3) is 0.800. The summed E-state index contributed by atoms with van der Waals surface area (Å²) in [5, 5.41) is 3.01. The molecule has 0 aliphatic rings. The highest BCUT2D eigenvalue weighted by Gasteiger charge is 2.13. The number of esters is 1. The van der Waals surface area contributed by atoms with Crippen LogP contribution in [0.15, 0.2) is 4.99 Å². The maximum absolute atomic E-state index is 11.1. The molecule has 0 heterocycles. The van der Waals surface area contributed by atoms with Crippen LogP contribution in [0.3, 0.4) is 0 Å². The number of nitrogens with zero attached hydrogens (tertiary/aromatic N) is 1. The van der Waals surface area contributed by atoms with Gasteiger partial charge in [0.2, 0.25) is 0 Å². The quantitative estimate of drug-likeness (QED) is 0.408. The summed E-state index contributed by atoms with van der Waals surface area (Å²) in [6.07, 6.45) is 0. The topological polar surface area (TPSA) is 76.7 Å². The highest BCUT2D eigenvalue weighted by molar-refractivity contribution is 5.79. The van der Waals surface area contributed by atoms with E-state index in [2.05, 4.69) is 15.0 Å². The van der Waals surface area contributed by atoms with E-state index in [1.165, 1.54) is 7.11 Å². The highest BCUT2D eigenvalue weighted by atomic mass is 16.5. The zero-order chi connectivity index (χ0) is 12.1. The molecule has 0 fully saturated rings. The Morgan fingerprint density at radius 2 is 2.07 bits per heavy atom. The maximum Gasteiger partial charge on any atom is 0.310 e. The van der Waals surface area contributed by atoms with Crippen LogP contribution in [0.5, 0.6) is 0 Å². The molecule has 0 saturated heterocycles. The van der Waals surface area contributed by atoms with Gasteiger partial charge in [0.1, 0.15) is 0 Å². The van der Waals surface area contributed by atoms with Gasteiger partial charge in [0.25, 0.3) is 0 Å². The zero-order valence-electron chi connectivity index (χ0n) is 10.1. The van der Waals surface area contributed by atoms with E-state index in [4.69, 9.17) is 5.73 Å². The fourth-order valence-electron chi connectivity index (χ4n) is 0.935. The van der Waals surface area contributed by atoms with Crippen LogP contribution in [0.25, 0.3) is 0 Å². The van der Waals surface area contributed by atoms with Crippen LogP contribution in [0.4, 0.5) is 0 Å². The molecule has 0 spiro atoms. The Balaban J connectivity index is 4.11. The van der Waals surface area contributed by atoms with Crippen LogP contribution in [0.2, 0.25) is 0 Å². The zero-order valence-corrected chi connectivity index (χ0v) is 10.1. The molecule has 0 aromatic rings. The van der Waals surface area contributed by atoms with Gasteiger partial charge < -0.3 is 15.8 Å². The lowest BCUT2D eigenvalue weighted by Gasteiger charge is -2.21. The van der Waals surface area contributed by atoms with E-state index in [9.17, 15) is 4.79 Å². The van der Waals surface area contributed by atoms with Crippen molar-refractivity contribution >= 4 is 11.9 Å². The van der Waals surface area contributed by atoms with Gasteiger partial charge >= 0.3 is 5.97 Å². The van der Waals surface area contributed by atoms with Gasteiger partial charge in [0.15, 0.2) is 5.96 Å². The van der Waals surface area contributed by atoms with E-state index in [0.717, 1.165) is 0 Å². The van der Waals surface area contributed by atoms with E-state index in [1.807, 2.05) is 20.8 Å². The number of ether oxygens (including phenoxy) is 1. The highest BCUT2D eigenvalue weighted by Crippen LogP contribution is 2.00. The van der Waals surface area contributed by atoms with Crippen molar-refractivity contribution in [2.45, 2.75) is 33.2 Å². The van der Waals surface area contributed by atoms with Gasteiger partial charge in [-0.15, -0.1) is 0 Å². The Hall–Kier alpha value is -1.26. The average Bonchev–Trinajstić information content (AvgIpc) is 2.10. The first-order valence-corrected chi connectivity index (χ1v) is 4.92. The molecule has 5 heteroatoms. The lowest BCUT2D eigenvalue weighted by atomic mass is 10.1. The number of carbonyl (C=O) groups is 1. The van der Waals surface area contributed by atoms with Crippen LogP contribution < -0.4 is 11.1 Å². The van der Waals surface area contributed by atoms with Gasteiger partial charge in [-0.3, -0.25) is 9.79 Å². The summed E-state index contributed by atoms with van der Waals surface area (Å²) in [6.45, 7) is 8.04. The van der Waals surface area contributed by atoms with Crippen LogP contribution in [0.1, 0.15) is 27.7 Å². The van der Waals surface area contributed by atoms with Crippen LogP contribution in [-0.4, -0.2) is 31.1 Å². The molecule has 0 aromatic carbocycles. The molecule has 15 heavy (non-hydrogen) atoms. The molecular weight excluding hydrogens is 194 g/mol. The van der Waals surface area contributed by atoms with E-state index in [1.54, 1.807) is 6.92 Å². The van der Waals surface area contributed by atoms with E-state index < -0.39 is 0 Å². The molecule has 5 nitrogen and oxygen atoms in total. The Morgan fingerprint density at radius 3 is 2.47 bits per heavy atom. The Labute approximate surface area is 91.1 Å². The first kappa shape index (κ1) is 13.7. The maximum atomic E-state index is 11.1. The predicted molar refractivity (Wildman–Crippen MR) is 60.6 cm³/mol. The summed E-state index contributed by atoms with van der Waals surface area (Å²) in [5.74, 6) is -0.198. The second-order valence-electron chi connectivity index (χ2n) is 4.53. The average molecular weight is 215 g/mol. The van der Waals surface area contributed by atoms with Crippen molar-refractivity contribution < 1.29 is 9.53 Å². The molecule has 0 radical (unpaired) electrons. The van der Waals surface area contributed by atoms with Gasteiger partial charge in [-0.05, 0) is 20.8 Å².